The predicted octanol–water partition coefficient (Wildman–Crippen LogP) is 3.02. The molecule has 0 aliphatic heterocycles. The molecule has 1 aromatic carbocycles. The van der Waals surface area contributed by atoms with Gasteiger partial charge in [-0.3, -0.25) is 10.1 Å². The molecule has 0 fully saturated rings. The van der Waals surface area contributed by atoms with Crippen LogP contribution in [0, 0.1) is 17.0 Å². The quantitative estimate of drug-likeness (QED) is 0.684. The average molecular weight is 273 g/mol. The molecule has 104 valence electrons. The fraction of sp³-hybridized carbons (Fsp3) is 0.214. The van der Waals surface area contributed by atoms with Crippen LogP contribution in [0.3, 0.4) is 0 Å². The van der Waals surface area contributed by atoms with Gasteiger partial charge in [-0.25, -0.2) is 4.98 Å². The van der Waals surface area contributed by atoms with Gasteiger partial charge in [0.15, 0.2) is 0 Å². The maximum Gasteiger partial charge on any atom is 0.275 e. The number of nitrogens with one attached hydrogen (secondary N) is 1. The molecule has 0 aliphatic rings. The van der Waals surface area contributed by atoms with Gasteiger partial charge in [0.25, 0.3) is 5.69 Å². The van der Waals surface area contributed by atoms with Gasteiger partial charge in [-0.1, -0.05) is 0 Å². The van der Waals surface area contributed by atoms with E-state index >= 15 is 0 Å². The van der Waals surface area contributed by atoms with Gasteiger partial charge in [0.1, 0.15) is 11.6 Å². The van der Waals surface area contributed by atoms with Crippen molar-refractivity contribution in [3.8, 4) is 17.0 Å². The summed E-state index contributed by atoms with van der Waals surface area (Å²) in [6.45, 7) is 1.91. The van der Waals surface area contributed by atoms with Crippen LogP contribution in [0.15, 0.2) is 30.3 Å². The number of rotatable bonds is 4. The maximum atomic E-state index is 11.0. The molecule has 20 heavy (non-hydrogen) atoms. The number of aromatic nitrogens is 1. The number of nitrogens with zero attached hydrogens (tertiary/aromatic N) is 2. The van der Waals surface area contributed by atoms with Crippen molar-refractivity contribution in [3.63, 3.8) is 0 Å². The molecule has 6 nitrogen and oxygen atoms in total. The molecule has 0 atom stereocenters. The smallest absolute Gasteiger partial charge is 0.275 e. The molecular formula is C14H15N3O3. The monoisotopic (exact) mass is 273 g/mol. The van der Waals surface area contributed by atoms with E-state index in [1.165, 1.54) is 12.1 Å². The molecule has 0 unspecified atom stereocenters. The standard InChI is InChI=1S/C14H15N3O3/c1-9-6-11(20-3)4-5-12(9)13-7-10(17(18)19)8-14(15-2)16-13/h4-8H,1-3H3,(H,15,16). The maximum absolute atomic E-state index is 11.0. The molecule has 1 aromatic heterocycles. The molecule has 0 amide bonds. The number of nitro groups is 1. The third kappa shape index (κ3) is 2.69. The number of hydrogen-bond acceptors (Lipinski definition) is 5. The van der Waals surface area contributed by atoms with Crippen LogP contribution in [-0.2, 0) is 0 Å². The summed E-state index contributed by atoms with van der Waals surface area (Å²) < 4.78 is 5.15. The van der Waals surface area contributed by atoms with Gasteiger partial charge in [0.2, 0.25) is 0 Å². The van der Waals surface area contributed by atoms with E-state index in [1.54, 1.807) is 14.2 Å². The lowest BCUT2D eigenvalue weighted by molar-refractivity contribution is -0.384. The van der Waals surface area contributed by atoms with E-state index in [9.17, 15) is 10.1 Å². The number of hydrogen-bond donors (Lipinski definition) is 1. The minimum Gasteiger partial charge on any atom is -0.497 e. The summed E-state index contributed by atoms with van der Waals surface area (Å²) in [6.07, 6.45) is 0. The minimum atomic E-state index is -0.426. The number of anilines is 1. The molecule has 2 aromatic rings. The zero-order chi connectivity index (χ0) is 14.7. The first-order chi connectivity index (χ1) is 9.55. The van der Waals surface area contributed by atoms with E-state index in [0.29, 0.717) is 11.5 Å². The van der Waals surface area contributed by atoms with Crippen molar-refractivity contribution in [2.45, 2.75) is 6.92 Å². The number of benzene rings is 1. The van der Waals surface area contributed by atoms with Gasteiger partial charge in [0.05, 0.1) is 23.8 Å². The van der Waals surface area contributed by atoms with Crippen molar-refractivity contribution in [3.05, 3.63) is 46.0 Å². The molecule has 0 bridgehead atoms. The van der Waals surface area contributed by atoms with Crippen molar-refractivity contribution < 1.29 is 9.66 Å². The Bertz CT molecular complexity index is 656. The van der Waals surface area contributed by atoms with Gasteiger partial charge >= 0.3 is 0 Å². The second kappa shape index (κ2) is 5.56. The highest BCUT2D eigenvalue weighted by Gasteiger charge is 2.13. The number of aryl methyl sites for hydroxylation is 1. The summed E-state index contributed by atoms with van der Waals surface area (Å²) in [7, 11) is 3.27. The molecule has 0 saturated heterocycles. The Morgan fingerprint density at radius 3 is 2.60 bits per heavy atom. The predicted molar refractivity (Wildman–Crippen MR) is 77.2 cm³/mol. The van der Waals surface area contributed by atoms with Gasteiger partial charge < -0.3 is 10.1 Å². The van der Waals surface area contributed by atoms with Crippen molar-refractivity contribution >= 4 is 11.5 Å². The van der Waals surface area contributed by atoms with Crippen molar-refractivity contribution in [1.82, 2.24) is 4.98 Å². The van der Waals surface area contributed by atoms with Crippen LogP contribution in [-0.4, -0.2) is 24.1 Å². The summed E-state index contributed by atoms with van der Waals surface area (Å²) in [5, 5.41) is 13.8. The minimum absolute atomic E-state index is 0.00886. The third-order valence-corrected chi connectivity index (χ3v) is 2.99. The first-order valence-electron chi connectivity index (χ1n) is 6.04. The van der Waals surface area contributed by atoms with Gasteiger partial charge in [-0.2, -0.15) is 0 Å². The molecular weight excluding hydrogens is 258 g/mol. The Hall–Kier alpha value is -2.63. The number of ether oxygens (including phenoxy) is 1. The molecule has 0 spiro atoms. The Kier molecular flexibility index (Phi) is 3.84. The fourth-order valence-corrected chi connectivity index (χ4v) is 1.94. The van der Waals surface area contributed by atoms with Gasteiger partial charge in [-0.15, -0.1) is 0 Å². The first kappa shape index (κ1) is 13.8. The zero-order valence-corrected chi connectivity index (χ0v) is 11.5. The zero-order valence-electron chi connectivity index (χ0n) is 11.5. The highest BCUT2D eigenvalue weighted by molar-refractivity contribution is 5.69. The summed E-state index contributed by atoms with van der Waals surface area (Å²) in [4.78, 5) is 14.9. The summed E-state index contributed by atoms with van der Waals surface area (Å²) in [5.41, 5.74) is 2.35. The molecule has 2 rings (SSSR count). The molecule has 1 N–H and O–H groups in total. The van der Waals surface area contributed by atoms with E-state index in [0.717, 1.165) is 16.9 Å². The largest absolute Gasteiger partial charge is 0.497 e. The van der Waals surface area contributed by atoms with Crippen LogP contribution in [0.4, 0.5) is 11.5 Å². The molecule has 0 aliphatic carbocycles. The molecule has 0 saturated carbocycles. The third-order valence-electron chi connectivity index (χ3n) is 2.99. The van der Waals surface area contributed by atoms with E-state index < -0.39 is 4.92 Å². The lowest BCUT2D eigenvalue weighted by Crippen LogP contribution is -1.98. The Labute approximate surface area is 116 Å². The first-order valence-corrected chi connectivity index (χ1v) is 6.04. The molecule has 1 heterocycles. The van der Waals surface area contributed by atoms with Crippen LogP contribution in [0.25, 0.3) is 11.3 Å². The molecule has 0 radical (unpaired) electrons. The second-order valence-electron chi connectivity index (χ2n) is 4.28. The van der Waals surface area contributed by atoms with Gasteiger partial charge in [-0.05, 0) is 30.7 Å². The van der Waals surface area contributed by atoms with E-state index in [1.807, 2.05) is 25.1 Å². The van der Waals surface area contributed by atoms with E-state index in [4.69, 9.17) is 4.74 Å². The Morgan fingerprint density at radius 2 is 2.05 bits per heavy atom. The van der Waals surface area contributed by atoms with E-state index in [2.05, 4.69) is 10.3 Å². The lowest BCUT2D eigenvalue weighted by Gasteiger charge is -2.09. The normalized spacial score (nSPS) is 10.2. The topological polar surface area (TPSA) is 77.3 Å². The molecule has 6 heteroatoms. The van der Waals surface area contributed by atoms with Crippen LogP contribution in [0.5, 0.6) is 5.75 Å². The Morgan fingerprint density at radius 1 is 1.30 bits per heavy atom. The van der Waals surface area contributed by atoms with Crippen LogP contribution >= 0.6 is 0 Å². The van der Waals surface area contributed by atoms with Crippen LogP contribution < -0.4 is 10.1 Å². The van der Waals surface area contributed by atoms with Crippen molar-refractivity contribution in [2.75, 3.05) is 19.5 Å². The van der Waals surface area contributed by atoms with Crippen LogP contribution in [0.2, 0.25) is 0 Å². The lowest BCUT2D eigenvalue weighted by atomic mass is 10.0. The summed E-state index contributed by atoms with van der Waals surface area (Å²) in [5.74, 6) is 1.20. The van der Waals surface area contributed by atoms with E-state index in [-0.39, 0.29) is 5.69 Å². The van der Waals surface area contributed by atoms with Crippen molar-refractivity contribution in [2.24, 2.45) is 0 Å². The summed E-state index contributed by atoms with van der Waals surface area (Å²) in [6, 6.07) is 8.40. The van der Waals surface area contributed by atoms with Gasteiger partial charge in [0, 0.05) is 18.7 Å². The average Bonchev–Trinajstić information content (AvgIpc) is 2.46. The Balaban J connectivity index is 2.56. The highest BCUT2D eigenvalue weighted by Crippen LogP contribution is 2.29. The number of pyridine rings is 1. The second-order valence-corrected chi connectivity index (χ2v) is 4.28. The highest BCUT2D eigenvalue weighted by atomic mass is 16.6. The fourth-order valence-electron chi connectivity index (χ4n) is 1.94. The van der Waals surface area contributed by atoms with Crippen LogP contribution in [0.1, 0.15) is 5.56 Å². The number of methoxy groups -OCH3 is 1. The summed E-state index contributed by atoms with van der Waals surface area (Å²) >= 11 is 0. The SMILES string of the molecule is CNc1cc([N+](=O)[O-])cc(-c2ccc(OC)cc2C)n1. The van der Waals surface area contributed by atoms with Crippen molar-refractivity contribution in [1.29, 1.82) is 0 Å².